The van der Waals surface area contributed by atoms with Crippen molar-refractivity contribution >= 4 is 5.91 Å². The van der Waals surface area contributed by atoms with Crippen LogP contribution in [0.1, 0.15) is 44.2 Å². The predicted molar refractivity (Wildman–Crippen MR) is 99.2 cm³/mol. The highest BCUT2D eigenvalue weighted by Crippen LogP contribution is 2.29. The van der Waals surface area contributed by atoms with Gasteiger partial charge in [0.25, 0.3) is 0 Å². The largest absolute Gasteiger partial charge is 0.342 e. The van der Waals surface area contributed by atoms with Gasteiger partial charge in [-0.1, -0.05) is 12.8 Å². The fourth-order valence-electron chi connectivity index (χ4n) is 4.38. The quantitative estimate of drug-likeness (QED) is 0.848. The highest BCUT2D eigenvalue weighted by Gasteiger charge is 2.30. The molecule has 2 aliphatic rings. The monoisotopic (exact) mass is 353 g/mol. The number of piperidine rings is 1. The third kappa shape index (κ3) is 3.64. The van der Waals surface area contributed by atoms with Crippen molar-refractivity contribution in [1.82, 2.24) is 24.4 Å². The van der Waals surface area contributed by atoms with E-state index in [1.165, 1.54) is 12.8 Å². The lowest BCUT2D eigenvalue weighted by Crippen LogP contribution is -2.43. The van der Waals surface area contributed by atoms with Crippen molar-refractivity contribution in [3.8, 4) is 11.5 Å². The van der Waals surface area contributed by atoms with E-state index in [9.17, 15) is 4.79 Å². The Bertz CT molecular complexity index is 765. The van der Waals surface area contributed by atoms with Gasteiger partial charge < -0.3 is 9.47 Å². The van der Waals surface area contributed by atoms with Gasteiger partial charge in [0.05, 0.1) is 11.9 Å². The minimum Gasteiger partial charge on any atom is -0.342 e. The van der Waals surface area contributed by atoms with Gasteiger partial charge in [-0.15, -0.1) is 0 Å². The Morgan fingerprint density at radius 1 is 1.19 bits per heavy atom. The van der Waals surface area contributed by atoms with Crippen LogP contribution in [0.3, 0.4) is 0 Å². The molecule has 2 fully saturated rings. The molecule has 6 nitrogen and oxygen atoms in total. The van der Waals surface area contributed by atoms with E-state index in [1.54, 1.807) is 12.4 Å². The summed E-state index contributed by atoms with van der Waals surface area (Å²) >= 11 is 0. The number of carbonyl (C=O) groups is 1. The van der Waals surface area contributed by atoms with Gasteiger partial charge in [0.15, 0.2) is 5.82 Å². The first-order chi connectivity index (χ1) is 12.7. The Balaban J connectivity index is 1.42. The maximum absolute atomic E-state index is 12.7. The van der Waals surface area contributed by atoms with Crippen LogP contribution in [0.4, 0.5) is 0 Å². The lowest BCUT2D eigenvalue weighted by Gasteiger charge is -2.34. The third-order valence-electron chi connectivity index (χ3n) is 5.77. The molecule has 3 heterocycles. The van der Waals surface area contributed by atoms with Crippen LogP contribution in [0.15, 0.2) is 24.8 Å². The number of imidazole rings is 1. The van der Waals surface area contributed by atoms with Crippen molar-refractivity contribution < 1.29 is 4.79 Å². The lowest BCUT2D eigenvalue weighted by molar-refractivity contribution is -0.137. The first-order valence-electron chi connectivity index (χ1n) is 9.78. The van der Waals surface area contributed by atoms with Crippen LogP contribution in [0.2, 0.25) is 0 Å². The first kappa shape index (κ1) is 17.2. The van der Waals surface area contributed by atoms with E-state index in [4.69, 9.17) is 4.98 Å². The molecule has 0 aromatic carbocycles. The van der Waals surface area contributed by atoms with E-state index >= 15 is 0 Å². The van der Waals surface area contributed by atoms with Crippen molar-refractivity contribution in [1.29, 1.82) is 0 Å². The molecule has 1 aliphatic carbocycles. The second-order valence-corrected chi connectivity index (χ2v) is 7.74. The molecular formula is C20H27N5O. The number of hydrogen-bond acceptors (Lipinski definition) is 4. The number of amides is 1. The Kier molecular flexibility index (Phi) is 5.00. The van der Waals surface area contributed by atoms with Gasteiger partial charge in [-0.25, -0.2) is 9.97 Å². The third-order valence-corrected chi connectivity index (χ3v) is 5.77. The van der Waals surface area contributed by atoms with E-state index in [-0.39, 0.29) is 5.92 Å². The second kappa shape index (κ2) is 7.56. The maximum atomic E-state index is 12.7. The van der Waals surface area contributed by atoms with Crippen molar-refractivity contribution in [2.75, 3.05) is 13.1 Å². The van der Waals surface area contributed by atoms with Crippen molar-refractivity contribution in [3.05, 3.63) is 30.5 Å². The van der Waals surface area contributed by atoms with E-state index in [2.05, 4.69) is 14.9 Å². The fourth-order valence-corrected chi connectivity index (χ4v) is 4.38. The first-order valence-corrected chi connectivity index (χ1v) is 9.78. The molecule has 1 saturated carbocycles. The minimum absolute atomic E-state index is 0.278. The van der Waals surface area contributed by atoms with Gasteiger partial charge in [-0.2, -0.15) is 0 Å². The van der Waals surface area contributed by atoms with Crippen LogP contribution < -0.4 is 0 Å². The summed E-state index contributed by atoms with van der Waals surface area (Å²) in [6.45, 7) is 1.79. The molecule has 0 bridgehead atoms. The summed E-state index contributed by atoms with van der Waals surface area (Å²) in [4.78, 5) is 28.3. The summed E-state index contributed by atoms with van der Waals surface area (Å²) < 4.78 is 1.95. The zero-order chi connectivity index (χ0) is 17.9. The summed E-state index contributed by atoms with van der Waals surface area (Å²) in [7, 11) is 1.96. The van der Waals surface area contributed by atoms with Gasteiger partial charge in [0.2, 0.25) is 5.91 Å². The molecule has 6 heteroatoms. The van der Waals surface area contributed by atoms with Gasteiger partial charge in [0, 0.05) is 44.6 Å². The van der Waals surface area contributed by atoms with Crippen LogP contribution in [0, 0.1) is 11.8 Å². The maximum Gasteiger partial charge on any atom is 0.225 e. The number of aryl methyl sites for hydroxylation is 1. The zero-order valence-electron chi connectivity index (χ0n) is 15.5. The second-order valence-electron chi connectivity index (χ2n) is 7.74. The Morgan fingerprint density at radius 3 is 2.81 bits per heavy atom. The van der Waals surface area contributed by atoms with Crippen molar-refractivity contribution in [2.24, 2.45) is 18.9 Å². The Labute approximate surface area is 154 Å². The number of nitrogens with zero attached hydrogens (tertiary/aromatic N) is 5. The number of likely N-dealkylation sites (tertiary alicyclic amines) is 1. The molecule has 1 saturated heterocycles. The molecular weight excluding hydrogens is 326 g/mol. The van der Waals surface area contributed by atoms with Crippen LogP contribution in [-0.2, 0) is 18.3 Å². The van der Waals surface area contributed by atoms with Gasteiger partial charge >= 0.3 is 0 Å². The molecule has 2 aromatic heterocycles. The van der Waals surface area contributed by atoms with Crippen LogP contribution in [0.5, 0.6) is 0 Å². The number of carbonyl (C=O) groups excluding carboxylic acids is 1. The molecule has 1 unspecified atom stereocenters. The standard InChI is InChI=1S/C20H27N5O/c1-24-10-8-22-19(24)18-13-21-12-17(23-18)11-15-5-4-9-25(14-15)20(26)16-6-2-3-7-16/h8,10,12-13,15-16H,2-7,9,11,14H2,1H3. The van der Waals surface area contributed by atoms with E-state index in [0.29, 0.717) is 11.8 Å². The molecule has 0 N–H and O–H groups in total. The van der Waals surface area contributed by atoms with Crippen LogP contribution in [-0.4, -0.2) is 43.4 Å². The summed E-state index contributed by atoms with van der Waals surface area (Å²) in [5.74, 6) is 1.97. The molecule has 0 spiro atoms. The van der Waals surface area contributed by atoms with E-state index in [1.807, 2.05) is 24.0 Å². The molecule has 0 radical (unpaired) electrons. The van der Waals surface area contributed by atoms with Crippen LogP contribution in [0.25, 0.3) is 11.5 Å². The van der Waals surface area contributed by atoms with Gasteiger partial charge in [0.1, 0.15) is 5.69 Å². The number of rotatable bonds is 4. The molecule has 2 aromatic rings. The van der Waals surface area contributed by atoms with Gasteiger partial charge in [-0.3, -0.25) is 9.78 Å². The summed E-state index contributed by atoms with van der Waals surface area (Å²) in [6.07, 6.45) is 15.0. The Hall–Kier alpha value is -2.24. The van der Waals surface area contributed by atoms with Crippen molar-refractivity contribution in [3.63, 3.8) is 0 Å². The van der Waals surface area contributed by atoms with Gasteiger partial charge in [-0.05, 0) is 38.0 Å². The molecule has 1 amide bonds. The molecule has 138 valence electrons. The summed E-state index contributed by atoms with van der Waals surface area (Å²) in [5, 5.41) is 0. The normalized spacial score (nSPS) is 21.3. The molecule has 4 rings (SSSR count). The predicted octanol–water partition coefficient (Wildman–Crippen LogP) is 2.85. The Morgan fingerprint density at radius 2 is 2.04 bits per heavy atom. The summed E-state index contributed by atoms with van der Waals surface area (Å²) in [5.41, 5.74) is 1.80. The smallest absolute Gasteiger partial charge is 0.225 e. The average molecular weight is 353 g/mol. The van der Waals surface area contributed by atoms with Crippen LogP contribution >= 0.6 is 0 Å². The van der Waals surface area contributed by atoms with E-state index < -0.39 is 0 Å². The average Bonchev–Trinajstić information content (AvgIpc) is 3.33. The SMILES string of the molecule is Cn1ccnc1-c1cncc(CC2CCCN(C(=O)C3CCCC3)C2)n1. The highest BCUT2D eigenvalue weighted by molar-refractivity contribution is 5.79. The highest BCUT2D eigenvalue weighted by atomic mass is 16.2. The van der Waals surface area contributed by atoms with E-state index in [0.717, 1.165) is 62.4 Å². The molecule has 1 aliphatic heterocycles. The molecule has 1 atom stereocenters. The summed E-state index contributed by atoms with van der Waals surface area (Å²) in [6, 6.07) is 0. The lowest BCUT2D eigenvalue weighted by atomic mass is 9.92. The zero-order valence-corrected chi connectivity index (χ0v) is 15.5. The van der Waals surface area contributed by atoms with Crippen molar-refractivity contribution in [2.45, 2.75) is 44.9 Å². The topological polar surface area (TPSA) is 63.9 Å². The molecule has 26 heavy (non-hydrogen) atoms. The number of aromatic nitrogens is 4. The number of hydrogen-bond donors (Lipinski definition) is 0. The fraction of sp³-hybridized carbons (Fsp3) is 0.600. The minimum atomic E-state index is 0.278.